The summed E-state index contributed by atoms with van der Waals surface area (Å²) in [5.41, 5.74) is 8.53. The Labute approximate surface area is 219 Å². The molecule has 2 heteroatoms. The van der Waals surface area contributed by atoms with Crippen molar-refractivity contribution in [3.63, 3.8) is 0 Å². The number of aromatic nitrogens is 1. The van der Waals surface area contributed by atoms with Gasteiger partial charge in [0.1, 0.15) is 0 Å². The fourth-order valence-corrected chi connectivity index (χ4v) is 6.75. The highest BCUT2D eigenvalue weighted by Gasteiger charge is 2.17. The zero-order valence-corrected chi connectivity index (χ0v) is 21.4. The Hall–Kier alpha value is -4.40. The Bertz CT molecular complexity index is 2030. The molecule has 0 saturated heterocycles. The molecule has 0 bridgehead atoms. The van der Waals surface area contributed by atoms with Crippen molar-refractivity contribution in [3.8, 4) is 27.9 Å². The average molecular weight is 492 g/mol. The Morgan fingerprint density at radius 1 is 0.622 bits per heavy atom. The van der Waals surface area contributed by atoms with Gasteiger partial charge in [-0.2, -0.15) is 0 Å². The largest absolute Gasteiger partial charge is 0.309 e. The van der Waals surface area contributed by atoms with Crippen LogP contribution in [0.5, 0.6) is 0 Å². The first-order chi connectivity index (χ1) is 18.2. The average Bonchev–Trinajstić information content (AvgIpc) is 3.47. The Morgan fingerprint density at radius 3 is 1.89 bits per heavy atom. The first-order valence-corrected chi connectivity index (χ1v) is 13.4. The minimum absolute atomic E-state index is 1.12. The van der Waals surface area contributed by atoms with Crippen LogP contribution in [0.25, 0.3) is 72.5 Å². The summed E-state index contributed by atoms with van der Waals surface area (Å²) >= 11 is 1.80. The summed E-state index contributed by atoms with van der Waals surface area (Å²) in [6.45, 7) is 6.47. The molecule has 0 saturated carbocycles. The Kier molecular flexibility index (Phi) is 5.09. The van der Waals surface area contributed by atoms with Gasteiger partial charge in [-0.1, -0.05) is 97.6 Å². The molecule has 0 unspecified atom stereocenters. The molecule has 1 nitrogen and oxygen atoms in total. The normalized spacial score (nSPS) is 12.2. The van der Waals surface area contributed by atoms with Crippen LogP contribution in [0.1, 0.15) is 6.92 Å². The van der Waals surface area contributed by atoms with Crippen LogP contribution >= 0.6 is 11.3 Å². The maximum atomic E-state index is 4.36. The van der Waals surface area contributed by atoms with Gasteiger partial charge in [-0.15, -0.1) is 11.3 Å². The van der Waals surface area contributed by atoms with Gasteiger partial charge < -0.3 is 4.57 Å². The second kappa shape index (κ2) is 8.62. The molecule has 0 atom stereocenters. The van der Waals surface area contributed by atoms with E-state index in [1.165, 1.54) is 65.1 Å². The topological polar surface area (TPSA) is 4.93 Å². The lowest BCUT2D eigenvalue weighted by atomic mass is 10.0. The molecule has 5 aromatic carbocycles. The van der Waals surface area contributed by atoms with Crippen LogP contribution in [0.3, 0.4) is 0 Å². The summed E-state index contributed by atoms with van der Waals surface area (Å²) in [7, 11) is 0. The van der Waals surface area contributed by atoms with Crippen molar-refractivity contribution in [1.29, 1.82) is 0 Å². The van der Waals surface area contributed by atoms with Crippen LogP contribution in [-0.2, 0) is 0 Å². The van der Waals surface area contributed by atoms with Crippen molar-refractivity contribution in [2.75, 3.05) is 0 Å². The lowest BCUT2D eigenvalue weighted by Crippen LogP contribution is -2.15. The van der Waals surface area contributed by atoms with E-state index in [-0.39, 0.29) is 0 Å². The lowest BCUT2D eigenvalue weighted by molar-refractivity contribution is 1.18. The molecule has 0 spiro atoms. The highest BCUT2D eigenvalue weighted by atomic mass is 32.1. The van der Waals surface area contributed by atoms with Gasteiger partial charge in [-0.05, 0) is 64.7 Å². The summed E-state index contributed by atoms with van der Waals surface area (Å²) < 4.78 is 4.84. The van der Waals surface area contributed by atoms with Gasteiger partial charge in [0.25, 0.3) is 0 Å². The molecule has 0 fully saturated rings. The predicted molar refractivity (Wildman–Crippen MR) is 162 cm³/mol. The van der Waals surface area contributed by atoms with Crippen molar-refractivity contribution >= 4 is 55.9 Å². The minimum atomic E-state index is 1.12. The number of fused-ring (bicyclic) bond motifs is 5. The van der Waals surface area contributed by atoms with Crippen molar-refractivity contribution in [2.24, 2.45) is 0 Å². The standard InChI is InChI=1S/C35H25NS/c1-3-29-23(2)37-35-30(29)19-21-33-34(35)31-22-27(25-12-8-5-9-13-25)16-20-32(31)36(33)28-17-14-26(15-18-28)24-10-6-4-7-11-24/h3-22H,2H2,1H3/b29-3+. The summed E-state index contributed by atoms with van der Waals surface area (Å²) in [6, 6.07) is 41.6. The van der Waals surface area contributed by atoms with Gasteiger partial charge in [0, 0.05) is 31.1 Å². The number of rotatable bonds is 3. The fourth-order valence-electron chi connectivity index (χ4n) is 5.56. The van der Waals surface area contributed by atoms with E-state index in [0.717, 1.165) is 4.53 Å². The van der Waals surface area contributed by atoms with Crippen molar-refractivity contribution in [1.82, 2.24) is 4.57 Å². The van der Waals surface area contributed by atoms with E-state index in [1.54, 1.807) is 11.3 Å². The number of benzene rings is 5. The number of nitrogens with zero attached hydrogens (tertiary/aromatic N) is 1. The highest BCUT2D eigenvalue weighted by Crippen LogP contribution is 2.39. The molecule has 0 radical (unpaired) electrons. The van der Waals surface area contributed by atoms with Crippen LogP contribution in [0.4, 0.5) is 0 Å². The smallest absolute Gasteiger partial charge is 0.0555 e. The molecule has 7 aromatic rings. The molecule has 0 amide bonds. The van der Waals surface area contributed by atoms with Crippen LogP contribution < -0.4 is 9.75 Å². The molecule has 176 valence electrons. The highest BCUT2D eigenvalue weighted by molar-refractivity contribution is 7.18. The van der Waals surface area contributed by atoms with Crippen molar-refractivity contribution in [2.45, 2.75) is 6.92 Å². The van der Waals surface area contributed by atoms with Gasteiger partial charge in [0.2, 0.25) is 0 Å². The maximum Gasteiger partial charge on any atom is 0.0555 e. The van der Waals surface area contributed by atoms with Crippen molar-refractivity contribution in [3.05, 3.63) is 125 Å². The first-order valence-electron chi connectivity index (χ1n) is 12.6. The predicted octanol–water partition coefficient (Wildman–Crippen LogP) is 8.54. The third-order valence-corrected chi connectivity index (χ3v) is 8.42. The van der Waals surface area contributed by atoms with E-state index in [1.807, 2.05) is 0 Å². The monoisotopic (exact) mass is 491 g/mol. The molecule has 2 aromatic heterocycles. The van der Waals surface area contributed by atoms with Gasteiger partial charge in [-0.25, -0.2) is 0 Å². The van der Waals surface area contributed by atoms with Crippen LogP contribution in [0, 0.1) is 0 Å². The fraction of sp³-hybridized carbons (Fsp3) is 0.0286. The Morgan fingerprint density at radius 2 is 1.22 bits per heavy atom. The third kappa shape index (κ3) is 3.45. The molecule has 37 heavy (non-hydrogen) atoms. The van der Waals surface area contributed by atoms with Crippen LogP contribution in [-0.4, -0.2) is 4.57 Å². The molecule has 0 aliphatic rings. The molecular weight excluding hydrogens is 466 g/mol. The SMILES string of the molecule is C=c1sc2c(ccc3c2c2cc(-c4ccccc4)ccc2n3-c2ccc(-c3ccccc3)cc2)/c1=C/C. The number of thiophene rings is 1. The second-order valence-electron chi connectivity index (χ2n) is 9.41. The van der Waals surface area contributed by atoms with Crippen molar-refractivity contribution < 1.29 is 0 Å². The number of hydrogen-bond donors (Lipinski definition) is 0. The molecule has 2 heterocycles. The van der Waals surface area contributed by atoms with Gasteiger partial charge in [0.05, 0.1) is 11.0 Å². The van der Waals surface area contributed by atoms with E-state index < -0.39 is 0 Å². The van der Waals surface area contributed by atoms with Crippen LogP contribution in [0.15, 0.2) is 115 Å². The van der Waals surface area contributed by atoms with E-state index in [2.05, 4.69) is 139 Å². The first kappa shape index (κ1) is 21.8. The zero-order chi connectivity index (χ0) is 24.9. The quantitative estimate of drug-likeness (QED) is 0.233. The summed E-state index contributed by atoms with van der Waals surface area (Å²) in [4.78, 5) is 0. The van der Waals surface area contributed by atoms with E-state index in [4.69, 9.17) is 0 Å². The maximum absolute atomic E-state index is 4.36. The second-order valence-corrected chi connectivity index (χ2v) is 10.5. The Balaban J connectivity index is 1.54. The minimum Gasteiger partial charge on any atom is -0.309 e. The van der Waals surface area contributed by atoms with Gasteiger partial charge >= 0.3 is 0 Å². The van der Waals surface area contributed by atoms with Gasteiger partial charge in [-0.3, -0.25) is 0 Å². The zero-order valence-electron chi connectivity index (χ0n) is 20.6. The molecular formula is C35H25NS. The third-order valence-electron chi connectivity index (χ3n) is 7.33. The summed E-state index contributed by atoms with van der Waals surface area (Å²) in [6.07, 6.45) is 2.18. The molecule has 7 rings (SSSR count). The van der Waals surface area contributed by atoms with Gasteiger partial charge in [0.15, 0.2) is 0 Å². The molecule has 0 aliphatic carbocycles. The van der Waals surface area contributed by atoms with E-state index in [0.29, 0.717) is 0 Å². The summed E-state index contributed by atoms with van der Waals surface area (Å²) in [5, 5.41) is 5.11. The van der Waals surface area contributed by atoms with E-state index >= 15 is 0 Å². The summed E-state index contributed by atoms with van der Waals surface area (Å²) in [5.74, 6) is 0. The lowest BCUT2D eigenvalue weighted by Gasteiger charge is -2.10. The molecule has 0 aliphatic heterocycles. The molecule has 0 N–H and O–H groups in total. The van der Waals surface area contributed by atoms with E-state index in [9.17, 15) is 0 Å². The number of hydrogen-bond acceptors (Lipinski definition) is 1. The van der Waals surface area contributed by atoms with Crippen LogP contribution in [0.2, 0.25) is 0 Å².